The van der Waals surface area contributed by atoms with Crippen molar-refractivity contribution in [3.63, 3.8) is 0 Å². The average Bonchev–Trinajstić information content (AvgIpc) is 2.50. The van der Waals surface area contributed by atoms with Crippen molar-refractivity contribution in [3.8, 4) is 0 Å². The second-order valence-electron chi connectivity index (χ2n) is 5.82. The van der Waals surface area contributed by atoms with Crippen LogP contribution < -0.4 is 0 Å². The molecule has 4 nitrogen and oxygen atoms in total. The van der Waals surface area contributed by atoms with E-state index in [2.05, 4.69) is 81.4 Å². The molecule has 2 aromatic rings. The fourth-order valence-electron chi connectivity index (χ4n) is 2.48. The summed E-state index contributed by atoms with van der Waals surface area (Å²) in [6, 6.07) is 21.5. The summed E-state index contributed by atoms with van der Waals surface area (Å²) in [5.41, 5.74) is 3.01. The lowest BCUT2D eigenvalue weighted by atomic mass is 9.73. The Labute approximate surface area is 137 Å². The molecule has 2 rings (SSSR count). The van der Waals surface area contributed by atoms with Gasteiger partial charge in [-0.15, -0.1) is 0 Å². The van der Waals surface area contributed by atoms with Crippen molar-refractivity contribution in [1.82, 2.24) is 0 Å². The van der Waals surface area contributed by atoms with Gasteiger partial charge in [0.25, 0.3) is 0 Å². The molecule has 0 saturated carbocycles. The van der Waals surface area contributed by atoms with Crippen LogP contribution in [0.3, 0.4) is 0 Å². The summed E-state index contributed by atoms with van der Waals surface area (Å²) in [5, 5.41) is 10.8. The monoisotopic (exact) mass is 310 g/mol. The molecule has 0 unspecified atom stereocenters. The van der Waals surface area contributed by atoms with E-state index in [1.54, 1.807) is 0 Å². The zero-order valence-corrected chi connectivity index (χ0v) is 13.7. The lowest BCUT2D eigenvalue weighted by Crippen LogP contribution is -2.19. The summed E-state index contributed by atoms with van der Waals surface area (Å²) >= 11 is 0. The van der Waals surface area contributed by atoms with Gasteiger partial charge >= 0.3 is 0 Å². The molecule has 2 N–H and O–H groups in total. The second-order valence-corrected chi connectivity index (χ2v) is 5.82. The molecule has 0 amide bonds. The molecule has 0 aliphatic carbocycles. The van der Waals surface area contributed by atoms with E-state index in [1.165, 1.54) is 11.1 Å². The lowest BCUT2D eigenvalue weighted by Gasteiger charge is -2.31. The molecular formula is C19H22N2O2. The zero-order chi connectivity index (χ0) is 17.7. The van der Waals surface area contributed by atoms with Gasteiger partial charge in [0.15, 0.2) is 0 Å². The Morgan fingerprint density at radius 1 is 0.739 bits per heavy atom. The van der Waals surface area contributed by atoms with Gasteiger partial charge in [-0.3, -0.25) is 0 Å². The van der Waals surface area contributed by atoms with E-state index in [0.717, 1.165) is 12.2 Å². The van der Waals surface area contributed by atoms with Crippen LogP contribution in [0.25, 0.3) is 0 Å². The Bertz CT molecular complexity index is 568. The standard InChI is InChI=1S/C17H20.2CHNO/c1-17(2,3)16(14-10-6-4-7-11-14)15-12-8-5-9-13-15;2*2-1-3/h4-13,16H,1-3H3;2*2H. The van der Waals surface area contributed by atoms with Gasteiger partial charge in [-0.05, 0) is 16.5 Å². The van der Waals surface area contributed by atoms with Crippen molar-refractivity contribution < 1.29 is 9.59 Å². The Kier molecular flexibility index (Phi) is 9.54. The average molecular weight is 310 g/mol. The van der Waals surface area contributed by atoms with E-state index >= 15 is 0 Å². The number of carbonyl (C=O) groups excluding carboxylic acids is 2. The number of rotatable bonds is 2. The normalized spacial score (nSPS) is 9.39. The second kappa shape index (κ2) is 10.9. The van der Waals surface area contributed by atoms with Crippen molar-refractivity contribution in [2.24, 2.45) is 5.41 Å². The van der Waals surface area contributed by atoms with Gasteiger partial charge in [0.2, 0.25) is 12.2 Å². The van der Waals surface area contributed by atoms with Crippen LogP contribution in [0.1, 0.15) is 37.8 Å². The van der Waals surface area contributed by atoms with Gasteiger partial charge in [0.1, 0.15) is 0 Å². The third kappa shape index (κ3) is 7.68. The van der Waals surface area contributed by atoms with Crippen LogP contribution in [-0.4, -0.2) is 12.2 Å². The highest BCUT2D eigenvalue weighted by molar-refractivity contribution is 5.34. The highest BCUT2D eigenvalue weighted by Gasteiger charge is 2.27. The minimum absolute atomic E-state index is 0.225. The van der Waals surface area contributed by atoms with Crippen LogP contribution in [0.5, 0.6) is 0 Å². The predicted molar refractivity (Wildman–Crippen MR) is 91.0 cm³/mol. The zero-order valence-electron chi connectivity index (χ0n) is 13.7. The first-order valence-electron chi connectivity index (χ1n) is 7.10. The van der Waals surface area contributed by atoms with Crippen molar-refractivity contribution in [1.29, 1.82) is 10.8 Å². The summed E-state index contributed by atoms with van der Waals surface area (Å²) in [4.78, 5) is 16.7. The first kappa shape index (κ1) is 20.2. The molecular weight excluding hydrogens is 288 g/mol. The summed E-state index contributed by atoms with van der Waals surface area (Å²) in [6.45, 7) is 6.91. The molecule has 0 aliphatic heterocycles. The maximum atomic E-state index is 8.35. The van der Waals surface area contributed by atoms with E-state index in [-0.39, 0.29) is 5.41 Å². The molecule has 23 heavy (non-hydrogen) atoms. The van der Waals surface area contributed by atoms with Crippen LogP contribution >= 0.6 is 0 Å². The first-order valence-corrected chi connectivity index (χ1v) is 7.10. The van der Waals surface area contributed by atoms with Crippen molar-refractivity contribution in [2.45, 2.75) is 26.7 Å². The van der Waals surface area contributed by atoms with Crippen LogP contribution in [0.4, 0.5) is 0 Å². The van der Waals surface area contributed by atoms with Crippen molar-refractivity contribution in [2.75, 3.05) is 0 Å². The molecule has 0 atom stereocenters. The topological polar surface area (TPSA) is 81.8 Å². The fraction of sp³-hybridized carbons (Fsp3) is 0.263. The highest BCUT2D eigenvalue weighted by atomic mass is 16.1. The van der Waals surface area contributed by atoms with Gasteiger partial charge in [-0.25, -0.2) is 20.4 Å². The molecule has 0 aliphatic rings. The third-order valence-electron chi connectivity index (χ3n) is 3.13. The molecule has 0 bridgehead atoms. The van der Waals surface area contributed by atoms with Crippen LogP contribution in [0.2, 0.25) is 0 Å². The smallest absolute Gasteiger partial charge is 0.222 e. The number of benzene rings is 2. The highest BCUT2D eigenvalue weighted by Crippen LogP contribution is 2.40. The number of isocyanates is 2. The van der Waals surface area contributed by atoms with Gasteiger partial charge in [-0.2, -0.15) is 0 Å². The molecule has 0 aromatic heterocycles. The molecule has 0 spiro atoms. The van der Waals surface area contributed by atoms with Gasteiger partial charge in [0, 0.05) is 5.92 Å². The molecule has 0 fully saturated rings. The first-order chi connectivity index (χ1) is 10.9. The van der Waals surface area contributed by atoms with Gasteiger partial charge in [0.05, 0.1) is 0 Å². The predicted octanol–water partition coefficient (Wildman–Crippen LogP) is 4.67. The number of hydrogen-bond acceptors (Lipinski definition) is 4. The summed E-state index contributed by atoms with van der Waals surface area (Å²) in [5.74, 6) is 0.449. The summed E-state index contributed by atoms with van der Waals surface area (Å²) in [7, 11) is 0. The maximum absolute atomic E-state index is 8.35. The fourth-order valence-corrected chi connectivity index (χ4v) is 2.48. The van der Waals surface area contributed by atoms with E-state index < -0.39 is 0 Å². The summed E-state index contributed by atoms with van der Waals surface area (Å²) < 4.78 is 0. The Hall–Kier alpha value is -2.80. The van der Waals surface area contributed by atoms with E-state index in [0.29, 0.717) is 5.92 Å². The Balaban J connectivity index is 0.000000704. The lowest BCUT2D eigenvalue weighted by molar-refractivity contribution is 0.358. The van der Waals surface area contributed by atoms with Gasteiger partial charge < -0.3 is 0 Å². The van der Waals surface area contributed by atoms with E-state index in [9.17, 15) is 0 Å². The quantitative estimate of drug-likeness (QED) is 0.624. The van der Waals surface area contributed by atoms with Gasteiger partial charge in [-0.1, -0.05) is 81.4 Å². The molecule has 4 heteroatoms. The molecule has 120 valence electrons. The molecule has 0 heterocycles. The Morgan fingerprint density at radius 3 is 1.22 bits per heavy atom. The molecule has 2 aromatic carbocycles. The SMILES string of the molecule is CC(C)(C)C(c1ccccc1)c1ccccc1.N=C=O.N=C=O. The van der Waals surface area contributed by atoms with E-state index in [1.807, 2.05) is 0 Å². The third-order valence-corrected chi connectivity index (χ3v) is 3.13. The van der Waals surface area contributed by atoms with Crippen LogP contribution in [0.15, 0.2) is 60.7 Å². The molecule has 0 radical (unpaired) electrons. The summed E-state index contributed by atoms with van der Waals surface area (Å²) in [6.07, 6.45) is 1.50. The minimum Gasteiger partial charge on any atom is -0.222 e. The van der Waals surface area contributed by atoms with Crippen molar-refractivity contribution >= 4 is 12.2 Å². The van der Waals surface area contributed by atoms with E-state index in [4.69, 9.17) is 20.4 Å². The van der Waals surface area contributed by atoms with Crippen LogP contribution in [-0.2, 0) is 9.59 Å². The number of hydrogen-bond donors (Lipinski definition) is 2. The van der Waals surface area contributed by atoms with Crippen LogP contribution in [0, 0.1) is 16.2 Å². The largest absolute Gasteiger partial charge is 0.231 e. The van der Waals surface area contributed by atoms with Crippen molar-refractivity contribution in [3.05, 3.63) is 71.8 Å². The maximum Gasteiger partial charge on any atom is 0.231 e. The number of nitrogens with one attached hydrogen (secondary N) is 2. The Morgan fingerprint density at radius 2 is 1.00 bits per heavy atom. The minimum atomic E-state index is 0.225. The molecule has 0 saturated heterocycles.